The number of anilines is 1. The second-order valence-electron chi connectivity index (χ2n) is 4.81. The highest BCUT2D eigenvalue weighted by Crippen LogP contribution is 2.29. The summed E-state index contributed by atoms with van der Waals surface area (Å²) >= 11 is 4.23. The molecule has 0 saturated carbocycles. The molecule has 2 aromatic heterocycles. The van der Waals surface area contributed by atoms with Crippen LogP contribution in [0.3, 0.4) is 0 Å². The van der Waals surface area contributed by atoms with Crippen LogP contribution in [-0.2, 0) is 6.18 Å². The van der Waals surface area contributed by atoms with Crippen LogP contribution in [0.5, 0.6) is 0 Å². The Hall–Kier alpha value is -2.33. The number of benzene rings is 1. The van der Waals surface area contributed by atoms with Gasteiger partial charge in [-0.2, -0.15) is 22.5 Å². The molecule has 10 heteroatoms. The van der Waals surface area contributed by atoms with Crippen molar-refractivity contribution in [3.63, 3.8) is 0 Å². The molecule has 0 fully saturated rings. The van der Waals surface area contributed by atoms with Crippen LogP contribution >= 0.6 is 27.5 Å². The molecule has 0 unspecified atom stereocenters. The van der Waals surface area contributed by atoms with Crippen LogP contribution in [0.4, 0.5) is 18.3 Å². The SMILES string of the molecule is O=C(Nc1nc(-c2ccc(Br)cn2)ns1)c1ccc(C(F)(F)F)cc1. The van der Waals surface area contributed by atoms with Gasteiger partial charge < -0.3 is 0 Å². The van der Waals surface area contributed by atoms with Gasteiger partial charge >= 0.3 is 6.18 Å². The number of halogens is 4. The Kier molecular flexibility index (Phi) is 4.82. The molecule has 0 atom stereocenters. The molecule has 0 bridgehead atoms. The molecule has 2 heterocycles. The molecule has 1 aromatic carbocycles. The van der Waals surface area contributed by atoms with Gasteiger partial charge in [0.15, 0.2) is 5.82 Å². The van der Waals surface area contributed by atoms with Crippen molar-refractivity contribution in [1.82, 2.24) is 14.3 Å². The molecule has 25 heavy (non-hydrogen) atoms. The first kappa shape index (κ1) is 17.5. The van der Waals surface area contributed by atoms with Crippen LogP contribution in [0.25, 0.3) is 11.5 Å². The van der Waals surface area contributed by atoms with Crippen LogP contribution in [-0.4, -0.2) is 20.2 Å². The Balaban J connectivity index is 1.72. The Labute approximate surface area is 152 Å². The summed E-state index contributed by atoms with van der Waals surface area (Å²) in [6.45, 7) is 0. The maximum atomic E-state index is 12.5. The highest BCUT2D eigenvalue weighted by Gasteiger charge is 2.30. The van der Waals surface area contributed by atoms with E-state index in [1.165, 1.54) is 0 Å². The van der Waals surface area contributed by atoms with Crippen LogP contribution in [0, 0.1) is 0 Å². The topological polar surface area (TPSA) is 67.8 Å². The summed E-state index contributed by atoms with van der Waals surface area (Å²) in [6.07, 6.45) is -2.85. The monoisotopic (exact) mass is 428 g/mol. The second kappa shape index (κ2) is 6.89. The maximum Gasteiger partial charge on any atom is 0.416 e. The minimum absolute atomic E-state index is 0.0894. The summed E-state index contributed by atoms with van der Waals surface area (Å²) in [6, 6.07) is 7.42. The summed E-state index contributed by atoms with van der Waals surface area (Å²) in [5.74, 6) is -0.222. The number of carbonyl (C=O) groups excluding carboxylic acids is 1. The molecule has 5 nitrogen and oxygen atoms in total. The molecule has 3 rings (SSSR count). The third kappa shape index (κ3) is 4.20. The Morgan fingerprint density at radius 3 is 2.44 bits per heavy atom. The van der Waals surface area contributed by atoms with Gasteiger partial charge in [-0.25, -0.2) is 0 Å². The highest BCUT2D eigenvalue weighted by molar-refractivity contribution is 9.10. The molecular weight excluding hydrogens is 421 g/mol. The Bertz CT molecular complexity index is 894. The largest absolute Gasteiger partial charge is 0.416 e. The molecule has 0 aliphatic heterocycles. The van der Waals surface area contributed by atoms with Gasteiger partial charge in [0.25, 0.3) is 5.91 Å². The molecule has 128 valence electrons. The number of rotatable bonds is 3. The van der Waals surface area contributed by atoms with E-state index in [4.69, 9.17) is 0 Å². The molecule has 0 aliphatic carbocycles. The van der Waals surface area contributed by atoms with Gasteiger partial charge in [-0.1, -0.05) is 0 Å². The first-order valence-electron chi connectivity index (χ1n) is 6.77. The van der Waals surface area contributed by atoms with Gasteiger partial charge in [-0.3, -0.25) is 15.1 Å². The van der Waals surface area contributed by atoms with Crippen molar-refractivity contribution in [3.8, 4) is 11.5 Å². The van der Waals surface area contributed by atoms with Gasteiger partial charge in [0.1, 0.15) is 5.69 Å². The zero-order chi connectivity index (χ0) is 18.0. The van der Waals surface area contributed by atoms with E-state index in [9.17, 15) is 18.0 Å². The van der Waals surface area contributed by atoms with Gasteiger partial charge in [0.2, 0.25) is 5.13 Å². The Morgan fingerprint density at radius 2 is 1.84 bits per heavy atom. The van der Waals surface area contributed by atoms with E-state index in [2.05, 4.69) is 35.6 Å². The van der Waals surface area contributed by atoms with Crippen molar-refractivity contribution >= 4 is 38.5 Å². The van der Waals surface area contributed by atoms with Gasteiger partial charge in [-0.05, 0) is 52.3 Å². The molecule has 3 aromatic rings. The molecule has 0 spiro atoms. The van der Waals surface area contributed by atoms with Crippen LogP contribution in [0.15, 0.2) is 47.1 Å². The lowest BCUT2D eigenvalue weighted by Gasteiger charge is -2.07. The summed E-state index contributed by atoms with van der Waals surface area (Å²) in [5.41, 5.74) is -0.190. The minimum Gasteiger partial charge on any atom is -0.297 e. The van der Waals surface area contributed by atoms with E-state index < -0.39 is 17.6 Å². The fourth-order valence-electron chi connectivity index (χ4n) is 1.87. The smallest absolute Gasteiger partial charge is 0.297 e. The number of hydrogen-bond acceptors (Lipinski definition) is 5. The number of amides is 1. The number of carbonyl (C=O) groups is 1. The Morgan fingerprint density at radius 1 is 1.12 bits per heavy atom. The van der Waals surface area contributed by atoms with Crippen molar-refractivity contribution < 1.29 is 18.0 Å². The van der Waals surface area contributed by atoms with Gasteiger partial charge in [-0.15, -0.1) is 0 Å². The molecule has 0 radical (unpaired) electrons. The molecule has 0 aliphatic rings. The zero-order valence-electron chi connectivity index (χ0n) is 12.2. The minimum atomic E-state index is -4.44. The van der Waals surface area contributed by atoms with Crippen molar-refractivity contribution in [3.05, 3.63) is 58.2 Å². The van der Waals surface area contributed by atoms with E-state index in [1.54, 1.807) is 18.3 Å². The van der Waals surface area contributed by atoms with Crippen LogP contribution in [0.1, 0.15) is 15.9 Å². The summed E-state index contributed by atoms with van der Waals surface area (Å²) in [4.78, 5) is 20.4. The molecule has 1 N–H and O–H groups in total. The number of pyridine rings is 1. The standard InChI is InChI=1S/C15H8BrF3N4OS/c16-10-5-6-11(20-7-10)12-21-14(25-23-12)22-13(24)8-1-3-9(4-2-8)15(17,18)19/h1-7H,(H,21,22,23,24). The highest BCUT2D eigenvalue weighted by atomic mass is 79.9. The number of alkyl halides is 3. The van der Waals surface area contributed by atoms with Crippen LogP contribution in [0.2, 0.25) is 0 Å². The molecular formula is C15H8BrF3N4OS. The van der Waals surface area contributed by atoms with E-state index in [-0.39, 0.29) is 10.7 Å². The fraction of sp³-hybridized carbons (Fsp3) is 0.0667. The first-order valence-corrected chi connectivity index (χ1v) is 8.34. The lowest BCUT2D eigenvalue weighted by atomic mass is 10.1. The fourth-order valence-corrected chi connectivity index (χ4v) is 2.67. The lowest BCUT2D eigenvalue weighted by molar-refractivity contribution is -0.137. The normalized spacial score (nSPS) is 11.4. The van der Waals surface area contributed by atoms with Crippen molar-refractivity contribution in [2.24, 2.45) is 0 Å². The first-order chi connectivity index (χ1) is 11.8. The quantitative estimate of drug-likeness (QED) is 0.659. The van der Waals surface area contributed by atoms with E-state index >= 15 is 0 Å². The van der Waals surface area contributed by atoms with Crippen molar-refractivity contribution in [2.45, 2.75) is 6.18 Å². The van der Waals surface area contributed by atoms with Crippen molar-refractivity contribution in [1.29, 1.82) is 0 Å². The van der Waals surface area contributed by atoms with Crippen molar-refractivity contribution in [2.75, 3.05) is 5.32 Å². The second-order valence-corrected chi connectivity index (χ2v) is 6.48. The maximum absolute atomic E-state index is 12.5. The summed E-state index contributed by atoms with van der Waals surface area (Å²) in [7, 11) is 0. The predicted octanol–water partition coefficient (Wildman–Crippen LogP) is 4.63. The average Bonchev–Trinajstić information content (AvgIpc) is 3.03. The van der Waals surface area contributed by atoms with E-state index in [0.29, 0.717) is 11.5 Å². The number of hydrogen-bond donors (Lipinski definition) is 1. The third-order valence-corrected chi connectivity index (χ3v) is 4.18. The van der Waals surface area contributed by atoms with E-state index in [1.807, 2.05) is 0 Å². The number of nitrogens with zero attached hydrogens (tertiary/aromatic N) is 3. The van der Waals surface area contributed by atoms with Crippen LogP contribution < -0.4 is 5.32 Å². The van der Waals surface area contributed by atoms with Gasteiger partial charge in [0, 0.05) is 27.8 Å². The van der Waals surface area contributed by atoms with E-state index in [0.717, 1.165) is 40.3 Å². The lowest BCUT2D eigenvalue weighted by Crippen LogP contribution is -2.12. The number of nitrogens with one attached hydrogen (secondary N) is 1. The predicted molar refractivity (Wildman–Crippen MR) is 90.2 cm³/mol. The molecule has 0 saturated heterocycles. The third-order valence-electron chi connectivity index (χ3n) is 3.08. The number of aromatic nitrogens is 3. The zero-order valence-corrected chi connectivity index (χ0v) is 14.6. The summed E-state index contributed by atoms with van der Waals surface area (Å²) < 4.78 is 42.5. The molecule has 1 amide bonds. The average molecular weight is 429 g/mol. The summed E-state index contributed by atoms with van der Waals surface area (Å²) in [5, 5.41) is 2.73. The van der Waals surface area contributed by atoms with Gasteiger partial charge in [0.05, 0.1) is 5.56 Å².